The molecule has 1 atom stereocenters. The Labute approximate surface area is 178 Å². The number of nitrogens with zero attached hydrogens (tertiary/aromatic N) is 2. The van der Waals surface area contributed by atoms with Crippen LogP contribution in [0.15, 0.2) is 41.4 Å². The van der Waals surface area contributed by atoms with Gasteiger partial charge in [-0.2, -0.15) is 0 Å². The van der Waals surface area contributed by atoms with Crippen LogP contribution in [0.4, 0.5) is 0 Å². The molecule has 5 nitrogen and oxygen atoms in total. The van der Waals surface area contributed by atoms with Crippen molar-refractivity contribution in [3.05, 3.63) is 53.6 Å². The van der Waals surface area contributed by atoms with Crippen LogP contribution in [0.5, 0.6) is 0 Å². The molecule has 0 fully saturated rings. The second-order valence-corrected chi connectivity index (χ2v) is 10.0. The van der Waals surface area contributed by atoms with E-state index in [9.17, 15) is 13.5 Å². The van der Waals surface area contributed by atoms with E-state index in [4.69, 9.17) is 4.98 Å². The molecule has 0 saturated heterocycles. The Morgan fingerprint density at radius 3 is 2.41 bits per heavy atom. The standard InChI is InChI=1S/C22H28N2O3S2/c1-13(2)15(5)22-23-18(14(3)4)11-24(22)21-9-8-19(28-21)16-6-7-17(12-25)20(10-16)29(26)27/h6-11,13-15,25,29H,12H2,1-5H3. The van der Waals surface area contributed by atoms with Crippen LogP contribution in [0.2, 0.25) is 0 Å². The maximum absolute atomic E-state index is 11.6. The fourth-order valence-corrected chi connectivity index (χ4v) is 4.73. The van der Waals surface area contributed by atoms with Crippen LogP contribution in [-0.4, -0.2) is 23.1 Å². The van der Waals surface area contributed by atoms with E-state index in [0.717, 1.165) is 27.0 Å². The summed E-state index contributed by atoms with van der Waals surface area (Å²) in [6.45, 7) is 10.6. The normalized spacial score (nSPS) is 13.0. The molecule has 0 bridgehead atoms. The molecule has 3 rings (SSSR count). The fourth-order valence-electron chi connectivity index (χ4n) is 3.12. The smallest absolute Gasteiger partial charge is 0.168 e. The van der Waals surface area contributed by atoms with Crippen molar-refractivity contribution in [3.63, 3.8) is 0 Å². The molecule has 2 heterocycles. The molecule has 2 aromatic heterocycles. The number of aromatic nitrogens is 2. The van der Waals surface area contributed by atoms with Gasteiger partial charge in [-0.25, -0.2) is 13.4 Å². The van der Waals surface area contributed by atoms with Gasteiger partial charge in [-0.3, -0.25) is 4.57 Å². The molecular formula is C22H28N2O3S2. The van der Waals surface area contributed by atoms with Crippen LogP contribution >= 0.6 is 11.3 Å². The van der Waals surface area contributed by atoms with Gasteiger partial charge in [0.15, 0.2) is 10.7 Å². The molecular weight excluding hydrogens is 404 g/mol. The Morgan fingerprint density at radius 2 is 1.83 bits per heavy atom. The van der Waals surface area contributed by atoms with E-state index >= 15 is 0 Å². The van der Waals surface area contributed by atoms with Gasteiger partial charge in [-0.05, 0) is 41.2 Å². The Balaban J connectivity index is 2.06. The topological polar surface area (TPSA) is 72.2 Å². The number of rotatable bonds is 7. The molecule has 0 aliphatic rings. The van der Waals surface area contributed by atoms with Gasteiger partial charge in [0, 0.05) is 17.0 Å². The first-order valence-corrected chi connectivity index (χ1v) is 11.8. The van der Waals surface area contributed by atoms with Gasteiger partial charge in [0.2, 0.25) is 0 Å². The first-order chi connectivity index (χ1) is 13.7. The molecule has 1 aromatic carbocycles. The summed E-state index contributed by atoms with van der Waals surface area (Å²) < 4.78 is 25.3. The number of benzene rings is 1. The first-order valence-electron chi connectivity index (χ1n) is 9.80. The third kappa shape index (κ3) is 4.47. The molecule has 1 N–H and O–H groups in total. The van der Waals surface area contributed by atoms with Crippen LogP contribution in [0, 0.1) is 5.92 Å². The van der Waals surface area contributed by atoms with E-state index < -0.39 is 10.7 Å². The monoisotopic (exact) mass is 432 g/mol. The van der Waals surface area contributed by atoms with E-state index in [2.05, 4.69) is 51.4 Å². The van der Waals surface area contributed by atoms with Crippen molar-refractivity contribution in [2.45, 2.75) is 58.0 Å². The number of hydrogen-bond acceptors (Lipinski definition) is 5. The lowest BCUT2D eigenvalue weighted by atomic mass is 9.97. The summed E-state index contributed by atoms with van der Waals surface area (Å²) in [5, 5.41) is 10.4. The highest BCUT2D eigenvalue weighted by atomic mass is 32.2. The summed E-state index contributed by atoms with van der Waals surface area (Å²) in [5.41, 5.74) is 2.32. The number of hydrogen-bond donors (Lipinski definition) is 2. The van der Waals surface area contributed by atoms with E-state index in [-0.39, 0.29) is 11.5 Å². The van der Waals surface area contributed by atoms with Crippen molar-refractivity contribution in [1.82, 2.24) is 9.55 Å². The zero-order valence-electron chi connectivity index (χ0n) is 17.4. The number of aliphatic hydroxyl groups excluding tert-OH is 1. The van der Waals surface area contributed by atoms with Crippen molar-refractivity contribution in [3.8, 4) is 15.4 Å². The molecule has 0 radical (unpaired) electrons. The largest absolute Gasteiger partial charge is 0.392 e. The molecule has 0 aliphatic heterocycles. The van der Waals surface area contributed by atoms with Crippen molar-refractivity contribution in [2.75, 3.05) is 0 Å². The van der Waals surface area contributed by atoms with Crippen molar-refractivity contribution >= 4 is 22.0 Å². The Kier molecular flexibility index (Phi) is 6.61. The van der Waals surface area contributed by atoms with E-state index in [1.165, 1.54) is 0 Å². The van der Waals surface area contributed by atoms with Crippen LogP contribution in [0.3, 0.4) is 0 Å². The molecule has 29 heavy (non-hydrogen) atoms. The summed E-state index contributed by atoms with van der Waals surface area (Å²) in [6, 6.07) is 9.23. The minimum Gasteiger partial charge on any atom is -0.392 e. The van der Waals surface area contributed by atoms with Gasteiger partial charge in [0.1, 0.15) is 10.8 Å². The summed E-state index contributed by atoms with van der Waals surface area (Å²) in [6.07, 6.45) is 2.11. The molecule has 0 saturated carbocycles. The summed E-state index contributed by atoms with van der Waals surface area (Å²) in [7, 11) is -2.76. The molecule has 156 valence electrons. The van der Waals surface area contributed by atoms with Crippen LogP contribution < -0.4 is 0 Å². The van der Waals surface area contributed by atoms with Gasteiger partial charge >= 0.3 is 0 Å². The highest BCUT2D eigenvalue weighted by molar-refractivity contribution is 7.72. The van der Waals surface area contributed by atoms with Gasteiger partial charge in [-0.15, -0.1) is 11.3 Å². The van der Waals surface area contributed by atoms with Gasteiger partial charge in [0.05, 0.1) is 17.2 Å². The molecule has 0 spiro atoms. The van der Waals surface area contributed by atoms with Crippen LogP contribution in [-0.2, 0) is 17.3 Å². The molecule has 1 unspecified atom stereocenters. The third-order valence-electron chi connectivity index (χ3n) is 5.32. The number of aliphatic hydroxyl groups is 1. The lowest BCUT2D eigenvalue weighted by molar-refractivity contribution is 0.278. The lowest BCUT2D eigenvalue weighted by Gasteiger charge is -2.16. The van der Waals surface area contributed by atoms with Gasteiger partial charge in [-0.1, -0.05) is 46.8 Å². The van der Waals surface area contributed by atoms with Crippen molar-refractivity contribution in [1.29, 1.82) is 0 Å². The zero-order chi connectivity index (χ0) is 21.3. The van der Waals surface area contributed by atoms with Crippen LogP contribution in [0.1, 0.15) is 63.5 Å². The predicted molar refractivity (Wildman–Crippen MR) is 119 cm³/mol. The van der Waals surface area contributed by atoms with E-state index in [1.807, 2.05) is 12.1 Å². The van der Waals surface area contributed by atoms with Crippen molar-refractivity contribution in [2.24, 2.45) is 5.92 Å². The Bertz CT molecular complexity index is 1070. The van der Waals surface area contributed by atoms with Crippen LogP contribution in [0.25, 0.3) is 15.4 Å². The predicted octanol–water partition coefficient (Wildman–Crippen LogP) is 4.95. The van der Waals surface area contributed by atoms with E-state index in [0.29, 0.717) is 23.3 Å². The quantitative estimate of drug-likeness (QED) is 0.518. The SMILES string of the molecule is CC(C)c1cn(-c2ccc(-c3ccc(CO)c([SH](=O)=O)c3)s2)c(C(C)C(C)C)n1. The fraction of sp³-hybridized carbons (Fsp3) is 0.409. The molecule has 0 amide bonds. The highest BCUT2D eigenvalue weighted by Gasteiger charge is 2.21. The maximum Gasteiger partial charge on any atom is 0.168 e. The minimum absolute atomic E-state index is 0.175. The van der Waals surface area contributed by atoms with Crippen molar-refractivity contribution < 1.29 is 13.5 Å². The molecule has 3 aromatic rings. The highest BCUT2D eigenvalue weighted by Crippen LogP contribution is 2.35. The van der Waals surface area contributed by atoms with Gasteiger partial charge in [0.25, 0.3) is 0 Å². The second-order valence-electron chi connectivity index (χ2n) is 7.98. The average molecular weight is 433 g/mol. The summed E-state index contributed by atoms with van der Waals surface area (Å²) >= 11 is 1.60. The number of imidazole rings is 1. The van der Waals surface area contributed by atoms with Gasteiger partial charge < -0.3 is 5.11 Å². The lowest BCUT2D eigenvalue weighted by Crippen LogP contribution is -2.09. The Hall–Kier alpha value is -1.96. The molecule has 0 aliphatic carbocycles. The number of thiophene rings is 1. The number of thiol groups is 1. The average Bonchev–Trinajstić information content (AvgIpc) is 3.33. The third-order valence-corrected chi connectivity index (χ3v) is 7.26. The zero-order valence-corrected chi connectivity index (χ0v) is 19.1. The summed E-state index contributed by atoms with van der Waals surface area (Å²) in [5.74, 6) is 2.18. The maximum atomic E-state index is 11.6. The minimum atomic E-state index is -2.76. The summed E-state index contributed by atoms with van der Waals surface area (Å²) in [4.78, 5) is 6.06. The van der Waals surface area contributed by atoms with E-state index in [1.54, 1.807) is 23.5 Å². The molecule has 7 heteroatoms. The Morgan fingerprint density at radius 1 is 1.10 bits per heavy atom. The first kappa shape index (κ1) is 21.7. The second kappa shape index (κ2) is 8.81.